The van der Waals surface area contributed by atoms with Gasteiger partial charge in [-0.2, -0.15) is 5.10 Å². The SMILES string of the molecule is NCc1ccccc1-c1ccc2[nH]nc(-c3ccccc3)c2c1. The van der Waals surface area contributed by atoms with Gasteiger partial charge in [0.15, 0.2) is 0 Å². The van der Waals surface area contributed by atoms with Crippen LogP contribution in [-0.4, -0.2) is 10.2 Å². The third kappa shape index (κ3) is 2.41. The van der Waals surface area contributed by atoms with Crippen molar-refractivity contribution in [1.82, 2.24) is 10.2 Å². The molecule has 3 heteroatoms. The lowest BCUT2D eigenvalue weighted by atomic mass is 9.97. The summed E-state index contributed by atoms with van der Waals surface area (Å²) in [7, 11) is 0. The maximum absolute atomic E-state index is 5.88. The van der Waals surface area contributed by atoms with Crippen LogP contribution in [0.1, 0.15) is 5.56 Å². The van der Waals surface area contributed by atoms with E-state index in [1.54, 1.807) is 0 Å². The Kier molecular flexibility index (Phi) is 3.41. The van der Waals surface area contributed by atoms with Gasteiger partial charge in [-0.25, -0.2) is 0 Å². The van der Waals surface area contributed by atoms with Crippen LogP contribution in [0.15, 0.2) is 72.8 Å². The third-order valence-electron chi connectivity index (χ3n) is 4.16. The van der Waals surface area contributed by atoms with Gasteiger partial charge in [0.25, 0.3) is 0 Å². The number of hydrogen-bond donors (Lipinski definition) is 2. The second-order valence-electron chi connectivity index (χ2n) is 5.56. The Labute approximate surface area is 134 Å². The van der Waals surface area contributed by atoms with Crippen LogP contribution in [-0.2, 0) is 6.54 Å². The highest BCUT2D eigenvalue weighted by Gasteiger charge is 2.10. The maximum Gasteiger partial charge on any atom is 0.0999 e. The molecular weight excluding hydrogens is 282 g/mol. The second kappa shape index (κ2) is 5.71. The number of rotatable bonds is 3. The van der Waals surface area contributed by atoms with E-state index in [-0.39, 0.29) is 0 Å². The van der Waals surface area contributed by atoms with Crippen LogP contribution in [0.3, 0.4) is 0 Å². The molecule has 0 radical (unpaired) electrons. The molecule has 0 aliphatic rings. The lowest BCUT2D eigenvalue weighted by Gasteiger charge is -2.08. The van der Waals surface area contributed by atoms with E-state index in [0.717, 1.165) is 33.3 Å². The number of benzene rings is 3. The quantitative estimate of drug-likeness (QED) is 0.590. The number of fused-ring (bicyclic) bond motifs is 1. The summed E-state index contributed by atoms with van der Waals surface area (Å²) >= 11 is 0. The summed E-state index contributed by atoms with van der Waals surface area (Å²) in [6.45, 7) is 0.533. The molecule has 0 fully saturated rings. The average Bonchev–Trinajstić information content (AvgIpc) is 3.05. The van der Waals surface area contributed by atoms with Gasteiger partial charge in [0.05, 0.1) is 11.2 Å². The number of aromatic nitrogens is 2. The first kappa shape index (κ1) is 13.7. The molecule has 23 heavy (non-hydrogen) atoms. The van der Waals surface area contributed by atoms with E-state index in [2.05, 4.69) is 52.7 Å². The van der Waals surface area contributed by atoms with Crippen LogP contribution in [0.2, 0.25) is 0 Å². The summed E-state index contributed by atoms with van der Waals surface area (Å²) in [5.41, 5.74) is 12.5. The fourth-order valence-corrected chi connectivity index (χ4v) is 2.98. The Morgan fingerprint density at radius 3 is 2.43 bits per heavy atom. The number of hydrogen-bond acceptors (Lipinski definition) is 2. The van der Waals surface area contributed by atoms with Crippen molar-refractivity contribution in [3.63, 3.8) is 0 Å². The van der Waals surface area contributed by atoms with Crippen molar-refractivity contribution in [2.75, 3.05) is 0 Å². The van der Waals surface area contributed by atoms with E-state index in [0.29, 0.717) is 6.54 Å². The predicted octanol–water partition coefficient (Wildman–Crippen LogP) is 4.36. The highest BCUT2D eigenvalue weighted by Crippen LogP contribution is 2.31. The zero-order valence-corrected chi connectivity index (χ0v) is 12.7. The molecule has 4 aromatic rings. The first-order chi connectivity index (χ1) is 11.4. The molecule has 0 unspecified atom stereocenters. The minimum atomic E-state index is 0.533. The molecule has 1 heterocycles. The molecule has 0 bridgehead atoms. The van der Waals surface area contributed by atoms with Crippen molar-refractivity contribution in [2.24, 2.45) is 5.73 Å². The molecule has 1 aromatic heterocycles. The van der Waals surface area contributed by atoms with Gasteiger partial charge in [-0.1, -0.05) is 60.7 Å². The first-order valence-electron chi connectivity index (χ1n) is 7.69. The van der Waals surface area contributed by atoms with E-state index < -0.39 is 0 Å². The van der Waals surface area contributed by atoms with E-state index in [9.17, 15) is 0 Å². The van der Waals surface area contributed by atoms with Gasteiger partial charge in [0, 0.05) is 17.5 Å². The highest BCUT2D eigenvalue weighted by molar-refractivity contribution is 5.95. The molecule has 3 aromatic carbocycles. The fraction of sp³-hybridized carbons (Fsp3) is 0.0500. The summed E-state index contributed by atoms with van der Waals surface area (Å²) in [6.07, 6.45) is 0. The smallest absolute Gasteiger partial charge is 0.0999 e. The predicted molar refractivity (Wildman–Crippen MR) is 94.9 cm³/mol. The number of aromatic amines is 1. The minimum Gasteiger partial charge on any atom is -0.326 e. The van der Waals surface area contributed by atoms with Gasteiger partial charge in [-0.3, -0.25) is 5.10 Å². The molecular formula is C20H17N3. The summed E-state index contributed by atoms with van der Waals surface area (Å²) in [4.78, 5) is 0. The first-order valence-corrected chi connectivity index (χ1v) is 7.69. The fourth-order valence-electron chi connectivity index (χ4n) is 2.98. The molecule has 0 spiro atoms. The number of nitrogens with one attached hydrogen (secondary N) is 1. The number of nitrogens with two attached hydrogens (primary N) is 1. The normalized spacial score (nSPS) is 11.0. The van der Waals surface area contributed by atoms with Gasteiger partial charge in [-0.05, 0) is 28.8 Å². The topological polar surface area (TPSA) is 54.7 Å². The molecule has 3 N–H and O–H groups in total. The highest BCUT2D eigenvalue weighted by atomic mass is 15.1. The Balaban J connectivity index is 1.91. The molecule has 112 valence electrons. The minimum absolute atomic E-state index is 0.533. The molecule has 0 saturated heterocycles. The van der Waals surface area contributed by atoms with Crippen molar-refractivity contribution < 1.29 is 0 Å². The van der Waals surface area contributed by atoms with Crippen molar-refractivity contribution in [1.29, 1.82) is 0 Å². The molecule has 0 aliphatic heterocycles. The lowest BCUT2D eigenvalue weighted by molar-refractivity contribution is 1.07. The summed E-state index contributed by atoms with van der Waals surface area (Å²) in [5.74, 6) is 0. The Morgan fingerprint density at radius 1 is 0.826 bits per heavy atom. The van der Waals surface area contributed by atoms with Crippen LogP contribution < -0.4 is 5.73 Å². The Morgan fingerprint density at radius 2 is 1.61 bits per heavy atom. The standard InChI is InChI=1S/C20H17N3/c21-13-16-8-4-5-9-17(16)15-10-11-19-18(12-15)20(23-22-19)14-6-2-1-3-7-14/h1-12H,13,21H2,(H,22,23). The zero-order chi connectivity index (χ0) is 15.6. The van der Waals surface area contributed by atoms with Crippen molar-refractivity contribution >= 4 is 10.9 Å². The van der Waals surface area contributed by atoms with Crippen LogP contribution >= 0.6 is 0 Å². The third-order valence-corrected chi connectivity index (χ3v) is 4.16. The van der Waals surface area contributed by atoms with E-state index in [4.69, 9.17) is 5.73 Å². The molecule has 0 amide bonds. The zero-order valence-electron chi connectivity index (χ0n) is 12.7. The summed E-state index contributed by atoms with van der Waals surface area (Å²) in [5, 5.41) is 8.74. The van der Waals surface area contributed by atoms with E-state index in [1.165, 1.54) is 5.56 Å². The maximum atomic E-state index is 5.88. The number of nitrogens with zero attached hydrogens (tertiary/aromatic N) is 1. The van der Waals surface area contributed by atoms with Crippen molar-refractivity contribution in [3.8, 4) is 22.4 Å². The summed E-state index contributed by atoms with van der Waals surface area (Å²) in [6, 6.07) is 24.9. The molecule has 0 saturated carbocycles. The van der Waals surface area contributed by atoms with E-state index >= 15 is 0 Å². The lowest BCUT2D eigenvalue weighted by Crippen LogP contribution is -1.98. The van der Waals surface area contributed by atoms with E-state index in [1.807, 2.05) is 30.3 Å². The van der Waals surface area contributed by atoms with Gasteiger partial charge < -0.3 is 5.73 Å². The molecule has 3 nitrogen and oxygen atoms in total. The largest absolute Gasteiger partial charge is 0.326 e. The van der Waals surface area contributed by atoms with Gasteiger partial charge in [0.1, 0.15) is 0 Å². The second-order valence-corrected chi connectivity index (χ2v) is 5.56. The Hall–Kier alpha value is -2.91. The summed E-state index contributed by atoms with van der Waals surface area (Å²) < 4.78 is 0. The molecule has 0 aliphatic carbocycles. The van der Waals surface area contributed by atoms with Crippen LogP contribution in [0.4, 0.5) is 0 Å². The molecule has 4 rings (SSSR count). The van der Waals surface area contributed by atoms with Crippen molar-refractivity contribution in [2.45, 2.75) is 6.54 Å². The van der Waals surface area contributed by atoms with Gasteiger partial charge in [-0.15, -0.1) is 0 Å². The molecule has 0 atom stereocenters. The van der Waals surface area contributed by atoms with Crippen LogP contribution in [0.25, 0.3) is 33.3 Å². The van der Waals surface area contributed by atoms with Gasteiger partial charge in [0.2, 0.25) is 0 Å². The average molecular weight is 299 g/mol. The Bertz CT molecular complexity index is 955. The van der Waals surface area contributed by atoms with Crippen LogP contribution in [0.5, 0.6) is 0 Å². The monoisotopic (exact) mass is 299 g/mol. The van der Waals surface area contributed by atoms with Gasteiger partial charge >= 0.3 is 0 Å². The van der Waals surface area contributed by atoms with Crippen LogP contribution in [0, 0.1) is 0 Å². The van der Waals surface area contributed by atoms with Crippen molar-refractivity contribution in [3.05, 3.63) is 78.4 Å². The number of H-pyrrole nitrogens is 1.